The van der Waals surface area contributed by atoms with E-state index in [9.17, 15) is 13.6 Å². The Bertz CT molecular complexity index is 400. The number of nitrogens with zero attached hydrogens (tertiary/aromatic N) is 1. The van der Waals surface area contributed by atoms with E-state index in [2.05, 4.69) is 4.98 Å². The molecule has 0 fully saturated rings. The van der Waals surface area contributed by atoms with Gasteiger partial charge >= 0.3 is 0 Å². The predicted molar refractivity (Wildman–Crippen MR) is 60.5 cm³/mol. The topological polar surface area (TPSA) is 56.0 Å². The number of carbonyl (C=O) groups is 1. The molecular formula is C8H6ClF2IN2O. The Morgan fingerprint density at radius 1 is 1.67 bits per heavy atom. The zero-order valence-corrected chi connectivity index (χ0v) is 10.2. The number of rotatable bonds is 3. The van der Waals surface area contributed by atoms with E-state index in [-0.39, 0.29) is 10.6 Å². The summed E-state index contributed by atoms with van der Waals surface area (Å²) >= 11 is 7.12. The summed E-state index contributed by atoms with van der Waals surface area (Å²) in [5.74, 6) is -3.86. The van der Waals surface area contributed by atoms with Gasteiger partial charge in [-0.3, -0.25) is 9.78 Å². The summed E-state index contributed by atoms with van der Waals surface area (Å²) in [5.41, 5.74) is 4.42. The van der Waals surface area contributed by atoms with Gasteiger partial charge in [-0.25, -0.2) is 0 Å². The number of pyridine rings is 1. The summed E-state index contributed by atoms with van der Waals surface area (Å²) in [5, 5.41) is -0.257. The Morgan fingerprint density at radius 2 is 2.27 bits per heavy atom. The number of nitrogens with two attached hydrogens (primary N) is 1. The fourth-order valence-electron chi connectivity index (χ4n) is 0.905. The highest BCUT2D eigenvalue weighted by molar-refractivity contribution is 14.1. The van der Waals surface area contributed by atoms with Crippen LogP contribution >= 0.6 is 34.2 Å². The second-order valence-corrected chi connectivity index (χ2v) is 3.93. The highest BCUT2D eigenvalue weighted by Gasteiger charge is 2.34. The van der Waals surface area contributed by atoms with E-state index in [4.69, 9.17) is 17.3 Å². The summed E-state index contributed by atoms with van der Waals surface area (Å²) in [6.07, 6.45) is 0.990. The molecule has 0 aliphatic rings. The summed E-state index contributed by atoms with van der Waals surface area (Å²) in [6, 6.07) is 1.09. The minimum absolute atomic E-state index is 0.00741. The second-order valence-electron chi connectivity index (χ2n) is 2.76. The molecule has 0 aliphatic carbocycles. The molecular weight excluding hydrogens is 340 g/mol. The quantitative estimate of drug-likeness (QED) is 0.675. The molecule has 15 heavy (non-hydrogen) atoms. The van der Waals surface area contributed by atoms with Gasteiger partial charge in [0.2, 0.25) is 5.91 Å². The monoisotopic (exact) mass is 346 g/mol. The van der Waals surface area contributed by atoms with Crippen LogP contribution in [-0.4, -0.2) is 15.3 Å². The van der Waals surface area contributed by atoms with Crippen molar-refractivity contribution in [2.75, 3.05) is 4.43 Å². The van der Waals surface area contributed by atoms with Gasteiger partial charge in [0.25, 0.3) is 5.92 Å². The molecule has 0 saturated heterocycles. The average molecular weight is 347 g/mol. The lowest BCUT2D eigenvalue weighted by atomic mass is 10.2. The van der Waals surface area contributed by atoms with Crippen molar-refractivity contribution in [2.45, 2.75) is 5.92 Å². The summed E-state index contributed by atoms with van der Waals surface area (Å²) in [7, 11) is 0. The Kier molecular flexibility index (Phi) is 3.82. The van der Waals surface area contributed by atoms with Gasteiger partial charge in [-0.15, -0.1) is 0 Å². The molecule has 1 amide bonds. The van der Waals surface area contributed by atoms with E-state index in [0.29, 0.717) is 0 Å². The fraction of sp³-hybridized carbons (Fsp3) is 0.250. The summed E-state index contributed by atoms with van der Waals surface area (Å²) < 4.78 is 26.0. The van der Waals surface area contributed by atoms with Crippen molar-refractivity contribution in [2.24, 2.45) is 5.73 Å². The van der Waals surface area contributed by atoms with Crippen molar-refractivity contribution in [3.8, 4) is 0 Å². The predicted octanol–water partition coefficient (Wildman–Crippen LogP) is 2.36. The van der Waals surface area contributed by atoms with Crippen LogP contribution in [0.2, 0.25) is 5.02 Å². The summed E-state index contributed by atoms with van der Waals surface area (Å²) in [4.78, 5) is 14.2. The van der Waals surface area contributed by atoms with Crippen LogP contribution in [0.25, 0.3) is 0 Å². The standard InChI is InChI=1S/C8H6ClF2IN2O/c9-5-1-4(7(13)15)2-14-6(5)8(10,11)3-12/h1-2H,3H2,(H2,13,15). The molecule has 1 heterocycles. The fourth-order valence-corrected chi connectivity index (χ4v) is 1.57. The Labute approximate surface area is 103 Å². The second kappa shape index (κ2) is 4.56. The molecule has 1 aromatic rings. The van der Waals surface area contributed by atoms with Crippen molar-refractivity contribution < 1.29 is 13.6 Å². The van der Waals surface area contributed by atoms with E-state index >= 15 is 0 Å². The van der Waals surface area contributed by atoms with Gasteiger partial charge in [0.05, 0.1) is 15.0 Å². The van der Waals surface area contributed by atoms with Crippen LogP contribution in [0.5, 0.6) is 0 Å². The lowest BCUT2D eigenvalue weighted by Gasteiger charge is -2.13. The molecule has 0 aliphatic heterocycles. The number of amides is 1. The normalized spacial score (nSPS) is 11.5. The van der Waals surface area contributed by atoms with Gasteiger partial charge in [0.1, 0.15) is 5.69 Å². The lowest BCUT2D eigenvalue weighted by Crippen LogP contribution is -2.19. The van der Waals surface area contributed by atoms with Crippen LogP contribution in [0.15, 0.2) is 12.3 Å². The van der Waals surface area contributed by atoms with Gasteiger partial charge in [-0.05, 0) is 6.07 Å². The van der Waals surface area contributed by atoms with Gasteiger partial charge in [-0.2, -0.15) is 8.78 Å². The van der Waals surface area contributed by atoms with Crippen LogP contribution < -0.4 is 5.73 Å². The largest absolute Gasteiger partial charge is 0.366 e. The molecule has 1 rings (SSSR count). The van der Waals surface area contributed by atoms with Crippen LogP contribution in [0, 0.1) is 0 Å². The maximum atomic E-state index is 13.2. The third-order valence-corrected chi connectivity index (χ3v) is 2.89. The number of alkyl halides is 3. The Hall–Kier alpha value is -0.500. The van der Waals surface area contributed by atoms with Crippen LogP contribution in [-0.2, 0) is 5.92 Å². The van der Waals surface area contributed by atoms with Crippen molar-refractivity contribution >= 4 is 40.1 Å². The first kappa shape index (κ1) is 12.6. The molecule has 82 valence electrons. The first-order valence-electron chi connectivity index (χ1n) is 3.78. The van der Waals surface area contributed by atoms with Crippen molar-refractivity contribution in [1.29, 1.82) is 0 Å². The highest BCUT2D eigenvalue weighted by Crippen LogP contribution is 2.33. The van der Waals surface area contributed by atoms with Crippen LogP contribution in [0.4, 0.5) is 8.78 Å². The van der Waals surface area contributed by atoms with Crippen LogP contribution in [0.3, 0.4) is 0 Å². The third-order valence-electron chi connectivity index (χ3n) is 1.64. The van der Waals surface area contributed by atoms with Gasteiger partial charge in [0.15, 0.2) is 0 Å². The van der Waals surface area contributed by atoms with Gasteiger partial charge in [-0.1, -0.05) is 34.2 Å². The number of carbonyl (C=O) groups excluding carboxylic acids is 1. The SMILES string of the molecule is NC(=O)c1cnc(C(F)(F)CI)c(Cl)c1. The number of primary amides is 1. The van der Waals surface area contributed by atoms with Crippen molar-refractivity contribution in [3.05, 3.63) is 28.5 Å². The minimum atomic E-state index is -3.10. The lowest BCUT2D eigenvalue weighted by molar-refractivity contribution is 0.0218. The van der Waals surface area contributed by atoms with E-state index in [0.717, 1.165) is 12.3 Å². The Balaban J connectivity index is 3.19. The molecule has 0 unspecified atom stereocenters. The first-order valence-corrected chi connectivity index (χ1v) is 5.68. The molecule has 2 N–H and O–H groups in total. The number of halogens is 4. The maximum absolute atomic E-state index is 13.2. The number of hydrogen-bond acceptors (Lipinski definition) is 2. The molecule has 0 saturated carbocycles. The molecule has 1 aromatic heterocycles. The van der Waals surface area contributed by atoms with Gasteiger partial charge < -0.3 is 5.73 Å². The van der Waals surface area contributed by atoms with E-state index < -0.39 is 22.0 Å². The molecule has 7 heteroatoms. The molecule has 3 nitrogen and oxygen atoms in total. The highest BCUT2D eigenvalue weighted by atomic mass is 127. The van der Waals surface area contributed by atoms with E-state index in [1.165, 1.54) is 22.6 Å². The van der Waals surface area contributed by atoms with Crippen LogP contribution in [0.1, 0.15) is 16.1 Å². The number of hydrogen-bond donors (Lipinski definition) is 1. The first-order chi connectivity index (χ1) is 6.88. The van der Waals surface area contributed by atoms with E-state index in [1.807, 2.05) is 0 Å². The zero-order valence-electron chi connectivity index (χ0n) is 7.31. The maximum Gasteiger partial charge on any atom is 0.299 e. The molecule has 0 atom stereocenters. The smallest absolute Gasteiger partial charge is 0.299 e. The van der Waals surface area contributed by atoms with Gasteiger partial charge in [0, 0.05) is 6.20 Å². The molecule has 0 spiro atoms. The zero-order chi connectivity index (χ0) is 11.6. The Morgan fingerprint density at radius 3 is 2.67 bits per heavy atom. The molecule has 0 radical (unpaired) electrons. The third kappa shape index (κ3) is 2.75. The summed E-state index contributed by atoms with van der Waals surface area (Å²) in [6.45, 7) is 0. The average Bonchev–Trinajstić information content (AvgIpc) is 2.17. The number of aromatic nitrogens is 1. The molecule has 0 bridgehead atoms. The van der Waals surface area contributed by atoms with Crippen molar-refractivity contribution in [1.82, 2.24) is 4.98 Å². The van der Waals surface area contributed by atoms with Crippen molar-refractivity contribution in [3.63, 3.8) is 0 Å². The minimum Gasteiger partial charge on any atom is -0.366 e. The molecule has 0 aromatic carbocycles. The van der Waals surface area contributed by atoms with E-state index in [1.54, 1.807) is 0 Å².